The number of hydrogen-bond acceptors (Lipinski definition) is 2. The van der Waals surface area contributed by atoms with Gasteiger partial charge >= 0.3 is 0 Å². The lowest BCUT2D eigenvalue weighted by Gasteiger charge is -2.16. The molecule has 104 valence electrons. The summed E-state index contributed by atoms with van der Waals surface area (Å²) in [6.45, 7) is 0. The van der Waals surface area contributed by atoms with Gasteiger partial charge in [-0.1, -0.05) is 12.1 Å². The predicted octanol–water partition coefficient (Wildman–Crippen LogP) is 3.58. The van der Waals surface area contributed by atoms with Gasteiger partial charge in [0, 0.05) is 24.1 Å². The van der Waals surface area contributed by atoms with Crippen LogP contribution in [-0.2, 0) is 11.2 Å². The van der Waals surface area contributed by atoms with E-state index < -0.39 is 0 Å². The van der Waals surface area contributed by atoms with E-state index >= 15 is 0 Å². The molecule has 0 bridgehead atoms. The van der Waals surface area contributed by atoms with Crippen molar-refractivity contribution in [3.63, 3.8) is 0 Å². The smallest absolute Gasteiger partial charge is 0.228 e. The molecule has 5 heteroatoms. The van der Waals surface area contributed by atoms with Crippen molar-refractivity contribution in [2.45, 2.75) is 12.8 Å². The summed E-state index contributed by atoms with van der Waals surface area (Å²) in [7, 11) is 1.70. The van der Waals surface area contributed by atoms with Crippen molar-refractivity contribution < 1.29 is 9.18 Å². The van der Waals surface area contributed by atoms with Crippen LogP contribution in [0.1, 0.15) is 12.0 Å². The van der Waals surface area contributed by atoms with E-state index in [0.29, 0.717) is 18.7 Å². The zero-order valence-electron chi connectivity index (χ0n) is 11.0. The Labute approximate surface area is 125 Å². The maximum atomic E-state index is 12.8. The van der Waals surface area contributed by atoms with Gasteiger partial charge in [-0.2, -0.15) is 0 Å². The zero-order chi connectivity index (χ0) is 14.5. The molecule has 0 aliphatic rings. The summed E-state index contributed by atoms with van der Waals surface area (Å²) < 4.78 is 13.6. The number of anilines is 1. The Balaban J connectivity index is 1.94. The first kappa shape index (κ1) is 14.7. The summed E-state index contributed by atoms with van der Waals surface area (Å²) >= 11 is 3.30. The minimum Gasteiger partial charge on any atom is -0.300 e. The number of aromatic nitrogens is 1. The van der Waals surface area contributed by atoms with E-state index in [9.17, 15) is 9.18 Å². The minimum atomic E-state index is -0.267. The number of aryl methyl sites for hydroxylation is 1. The second kappa shape index (κ2) is 6.61. The van der Waals surface area contributed by atoms with Crippen LogP contribution in [0, 0.1) is 5.82 Å². The molecule has 0 unspecified atom stereocenters. The van der Waals surface area contributed by atoms with E-state index in [0.717, 1.165) is 10.0 Å². The average molecular weight is 337 g/mol. The molecule has 0 atom stereocenters. The number of carbonyl (C=O) groups excluding carboxylic acids is 1. The summed E-state index contributed by atoms with van der Waals surface area (Å²) in [6.07, 6.45) is 2.60. The molecule has 20 heavy (non-hydrogen) atoms. The molecule has 2 aromatic rings. The number of carbonyl (C=O) groups is 1. The fraction of sp³-hybridized carbons (Fsp3) is 0.200. The van der Waals surface area contributed by atoms with Crippen LogP contribution in [0.15, 0.2) is 47.1 Å². The molecule has 1 amide bonds. The Morgan fingerprint density at radius 3 is 2.55 bits per heavy atom. The normalized spacial score (nSPS) is 10.3. The quantitative estimate of drug-likeness (QED) is 0.854. The molecule has 0 aliphatic heterocycles. The van der Waals surface area contributed by atoms with E-state index in [1.165, 1.54) is 17.0 Å². The highest BCUT2D eigenvalue weighted by molar-refractivity contribution is 9.10. The van der Waals surface area contributed by atoms with Gasteiger partial charge in [-0.25, -0.2) is 9.37 Å². The van der Waals surface area contributed by atoms with Crippen molar-refractivity contribution in [1.82, 2.24) is 4.98 Å². The van der Waals surface area contributed by atoms with E-state index in [-0.39, 0.29) is 11.7 Å². The molecule has 1 aromatic carbocycles. The topological polar surface area (TPSA) is 33.2 Å². The van der Waals surface area contributed by atoms with Crippen LogP contribution in [0.3, 0.4) is 0 Å². The van der Waals surface area contributed by atoms with Crippen LogP contribution in [-0.4, -0.2) is 17.9 Å². The molecule has 2 rings (SSSR count). The van der Waals surface area contributed by atoms with Gasteiger partial charge in [0.15, 0.2) is 0 Å². The summed E-state index contributed by atoms with van der Waals surface area (Å²) in [5.41, 5.74) is 0.942. The molecule has 0 saturated carbocycles. The average Bonchev–Trinajstić information content (AvgIpc) is 2.46. The van der Waals surface area contributed by atoms with Gasteiger partial charge in [0.05, 0.1) is 0 Å². The SMILES string of the molecule is CN(C(=O)CCc1ccc(F)cc1)c1ccc(Br)cn1. The third-order valence-electron chi connectivity index (χ3n) is 2.97. The Kier molecular flexibility index (Phi) is 4.84. The first-order chi connectivity index (χ1) is 9.56. The van der Waals surface area contributed by atoms with E-state index in [2.05, 4.69) is 20.9 Å². The number of benzene rings is 1. The molecule has 0 aliphatic carbocycles. The summed E-state index contributed by atoms with van der Waals surface area (Å²) in [5, 5.41) is 0. The molecule has 1 heterocycles. The Morgan fingerprint density at radius 1 is 1.25 bits per heavy atom. The lowest BCUT2D eigenvalue weighted by Crippen LogP contribution is -2.27. The number of pyridine rings is 1. The molecule has 0 radical (unpaired) electrons. The van der Waals surface area contributed by atoms with Crippen LogP contribution >= 0.6 is 15.9 Å². The van der Waals surface area contributed by atoms with Crippen molar-refractivity contribution in [3.05, 3.63) is 58.4 Å². The Bertz CT molecular complexity index is 584. The molecule has 0 saturated heterocycles. The van der Waals surface area contributed by atoms with E-state index in [1.807, 2.05) is 6.07 Å². The van der Waals surface area contributed by atoms with Crippen LogP contribution in [0.4, 0.5) is 10.2 Å². The molecular formula is C15H14BrFN2O. The summed E-state index contributed by atoms with van der Waals surface area (Å²) in [4.78, 5) is 17.8. The number of rotatable bonds is 4. The van der Waals surface area contributed by atoms with E-state index in [4.69, 9.17) is 0 Å². The van der Waals surface area contributed by atoms with Gasteiger partial charge in [0.2, 0.25) is 5.91 Å². The highest BCUT2D eigenvalue weighted by Crippen LogP contribution is 2.15. The molecule has 0 fully saturated rings. The van der Waals surface area contributed by atoms with Gasteiger partial charge in [0.1, 0.15) is 11.6 Å². The van der Waals surface area contributed by atoms with Gasteiger partial charge < -0.3 is 0 Å². The highest BCUT2D eigenvalue weighted by atomic mass is 79.9. The first-order valence-electron chi connectivity index (χ1n) is 6.19. The minimum absolute atomic E-state index is 0.0239. The van der Waals surface area contributed by atoms with Crippen molar-refractivity contribution >= 4 is 27.7 Å². The number of amides is 1. The number of hydrogen-bond donors (Lipinski definition) is 0. The van der Waals surface area contributed by atoms with E-state index in [1.54, 1.807) is 31.4 Å². The second-order valence-electron chi connectivity index (χ2n) is 4.41. The van der Waals surface area contributed by atoms with Gasteiger partial charge in [-0.15, -0.1) is 0 Å². The van der Waals surface area contributed by atoms with Crippen LogP contribution in [0.5, 0.6) is 0 Å². The van der Waals surface area contributed by atoms with Crippen molar-refractivity contribution in [2.24, 2.45) is 0 Å². The van der Waals surface area contributed by atoms with Crippen molar-refractivity contribution in [2.75, 3.05) is 11.9 Å². The summed E-state index contributed by atoms with van der Waals surface area (Å²) in [5.74, 6) is 0.317. The monoisotopic (exact) mass is 336 g/mol. The van der Waals surface area contributed by atoms with Crippen LogP contribution in [0.2, 0.25) is 0 Å². The van der Waals surface area contributed by atoms with Gasteiger partial charge in [-0.05, 0) is 52.2 Å². The predicted molar refractivity (Wildman–Crippen MR) is 80.1 cm³/mol. The fourth-order valence-electron chi connectivity index (χ4n) is 1.76. The first-order valence-corrected chi connectivity index (χ1v) is 6.98. The van der Waals surface area contributed by atoms with Crippen molar-refractivity contribution in [3.8, 4) is 0 Å². The lowest BCUT2D eigenvalue weighted by atomic mass is 10.1. The van der Waals surface area contributed by atoms with Crippen molar-refractivity contribution in [1.29, 1.82) is 0 Å². The fourth-order valence-corrected chi connectivity index (χ4v) is 2.00. The maximum Gasteiger partial charge on any atom is 0.228 e. The molecule has 3 nitrogen and oxygen atoms in total. The molecule has 0 spiro atoms. The second-order valence-corrected chi connectivity index (χ2v) is 5.33. The summed E-state index contributed by atoms with van der Waals surface area (Å²) in [6, 6.07) is 9.81. The van der Waals surface area contributed by atoms with Crippen LogP contribution < -0.4 is 4.90 Å². The lowest BCUT2D eigenvalue weighted by molar-refractivity contribution is -0.118. The molecule has 0 N–H and O–H groups in total. The maximum absolute atomic E-state index is 12.8. The van der Waals surface area contributed by atoms with Gasteiger partial charge in [-0.3, -0.25) is 9.69 Å². The number of nitrogens with zero attached hydrogens (tertiary/aromatic N) is 2. The van der Waals surface area contributed by atoms with Crippen LogP contribution in [0.25, 0.3) is 0 Å². The number of halogens is 2. The largest absolute Gasteiger partial charge is 0.300 e. The zero-order valence-corrected chi connectivity index (χ0v) is 12.6. The Hall–Kier alpha value is -1.75. The third kappa shape index (κ3) is 3.87. The molecular weight excluding hydrogens is 323 g/mol. The molecule has 1 aromatic heterocycles. The Morgan fingerprint density at radius 2 is 1.95 bits per heavy atom. The third-order valence-corrected chi connectivity index (χ3v) is 3.44. The standard InChI is InChI=1S/C15H14BrFN2O/c1-19(14-8-5-12(16)10-18-14)15(20)9-4-11-2-6-13(17)7-3-11/h2-3,5-8,10H,4,9H2,1H3. The van der Waals surface area contributed by atoms with Gasteiger partial charge in [0.25, 0.3) is 0 Å². The highest BCUT2D eigenvalue weighted by Gasteiger charge is 2.11.